The predicted octanol–water partition coefficient (Wildman–Crippen LogP) is 6.66. The van der Waals surface area contributed by atoms with E-state index >= 15 is 0 Å². The van der Waals surface area contributed by atoms with Crippen molar-refractivity contribution in [3.63, 3.8) is 0 Å². The molecule has 1 heterocycles. The Balaban J connectivity index is 1.42. The van der Waals surface area contributed by atoms with Crippen molar-refractivity contribution in [1.82, 2.24) is 10.3 Å². The van der Waals surface area contributed by atoms with E-state index in [9.17, 15) is 4.79 Å². The second-order valence-corrected chi connectivity index (χ2v) is 9.92. The smallest absolute Gasteiger partial charge is 0.251 e. The number of halogens is 1. The molecular formula is C29H31ClN4OS. The number of carbonyl (C=O) groups excluding carboxylic acids is 1. The van der Waals surface area contributed by atoms with Crippen molar-refractivity contribution in [1.29, 1.82) is 0 Å². The van der Waals surface area contributed by atoms with E-state index < -0.39 is 0 Å². The van der Waals surface area contributed by atoms with Crippen LogP contribution in [0.25, 0.3) is 11.3 Å². The zero-order chi connectivity index (χ0) is 25.3. The molecular weight excluding hydrogens is 488 g/mol. The van der Waals surface area contributed by atoms with E-state index in [-0.39, 0.29) is 5.91 Å². The molecule has 36 heavy (non-hydrogen) atoms. The molecule has 1 aromatic heterocycles. The maximum absolute atomic E-state index is 12.7. The van der Waals surface area contributed by atoms with Crippen LogP contribution in [0.4, 0.5) is 5.13 Å². The van der Waals surface area contributed by atoms with Gasteiger partial charge in [-0.1, -0.05) is 79.5 Å². The van der Waals surface area contributed by atoms with Crippen LogP contribution in [-0.2, 0) is 19.6 Å². The minimum absolute atomic E-state index is 0.0909. The van der Waals surface area contributed by atoms with Crippen LogP contribution < -0.4 is 16.0 Å². The summed E-state index contributed by atoms with van der Waals surface area (Å²) in [7, 11) is 0. The Hall–Kier alpha value is -3.19. The van der Waals surface area contributed by atoms with E-state index in [1.807, 2.05) is 72.8 Å². The lowest BCUT2D eigenvalue weighted by atomic mass is 10.1. The maximum atomic E-state index is 12.7. The molecule has 3 N–H and O–H groups in total. The second kappa shape index (κ2) is 12.7. The van der Waals surface area contributed by atoms with Crippen LogP contribution in [0.1, 0.15) is 46.8 Å². The summed E-state index contributed by atoms with van der Waals surface area (Å²) in [6, 6.07) is 23.5. The first-order chi connectivity index (χ1) is 17.6. The molecule has 0 bridgehead atoms. The van der Waals surface area contributed by atoms with Crippen LogP contribution in [0, 0.1) is 0 Å². The SMILES string of the molecule is CCCCN(Cc1ccc(C(=O)NCc2cccc(CN)c2)cc1)c1nc(-c2ccccc2Cl)cs1. The highest BCUT2D eigenvalue weighted by Gasteiger charge is 2.15. The molecule has 0 saturated carbocycles. The molecule has 3 aromatic carbocycles. The van der Waals surface area contributed by atoms with Gasteiger partial charge in [0, 0.05) is 47.7 Å². The van der Waals surface area contributed by atoms with Gasteiger partial charge in [0.1, 0.15) is 0 Å². The number of nitrogens with two attached hydrogens (primary N) is 1. The lowest BCUT2D eigenvalue weighted by Gasteiger charge is -2.22. The quantitative estimate of drug-likeness (QED) is 0.233. The van der Waals surface area contributed by atoms with Gasteiger partial charge in [0.15, 0.2) is 5.13 Å². The minimum Gasteiger partial charge on any atom is -0.348 e. The van der Waals surface area contributed by atoms with Crippen LogP contribution in [-0.4, -0.2) is 17.4 Å². The van der Waals surface area contributed by atoms with Gasteiger partial charge in [-0.3, -0.25) is 4.79 Å². The Kier molecular flexibility index (Phi) is 9.11. The summed E-state index contributed by atoms with van der Waals surface area (Å²) in [4.78, 5) is 19.9. The number of nitrogens with zero attached hydrogens (tertiary/aromatic N) is 2. The Morgan fingerprint density at radius 1 is 1.03 bits per heavy atom. The fourth-order valence-corrected chi connectivity index (χ4v) is 5.01. The highest BCUT2D eigenvalue weighted by atomic mass is 35.5. The zero-order valence-corrected chi connectivity index (χ0v) is 22.0. The van der Waals surface area contributed by atoms with Gasteiger partial charge >= 0.3 is 0 Å². The second-order valence-electron chi connectivity index (χ2n) is 8.67. The first kappa shape index (κ1) is 25.9. The number of hydrogen-bond acceptors (Lipinski definition) is 5. The van der Waals surface area contributed by atoms with Crippen molar-refractivity contribution in [2.45, 2.75) is 39.4 Å². The number of unbranched alkanes of at least 4 members (excludes halogenated alkanes) is 1. The third-order valence-corrected chi connectivity index (χ3v) is 7.19. The lowest BCUT2D eigenvalue weighted by molar-refractivity contribution is 0.0951. The molecule has 186 valence electrons. The Morgan fingerprint density at radius 2 is 1.81 bits per heavy atom. The molecule has 0 aliphatic rings. The molecule has 0 fully saturated rings. The molecule has 0 aliphatic heterocycles. The summed E-state index contributed by atoms with van der Waals surface area (Å²) in [5, 5.41) is 6.73. The average molecular weight is 519 g/mol. The number of rotatable bonds is 11. The number of thiazole rings is 1. The summed E-state index contributed by atoms with van der Waals surface area (Å²) >= 11 is 8.02. The van der Waals surface area contributed by atoms with Crippen molar-refractivity contribution >= 4 is 34.0 Å². The third-order valence-electron chi connectivity index (χ3n) is 5.96. The summed E-state index contributed by atoms with van der Waals surface area (Å²) in [5.74, 6) is -0.0909. The third kappa shape index (κ3) is 6.72. The monoisotopic (exact) mass is 518 g/mol. The number of aromatic nitrogens is 1. The molecule has 0 saturated heterocycles. The van der Waals surface area contributed by atoms with Crippen molar-refractivity contribution in [2.75, 3.05) is 11.4 Å². The topological polar surface area (TPSA) is 71.2 Å². The minimum atomic E-state index is -0.0909. The molecule has 0 spiro atoms. The molecule has 4 rings (SSSR count). The summed E-state index contributed by atoms with van der Waals surface area (Å²) in [6.07, 6.45) is 2.18. The van der Waals surface area contributed by atoms with E-state index in [4.69, 9.17) is 22.3 Å². The van der Waals surface area contributed by atoms with E-state index in [0.717, 1.165) is 59.0 Å². The van der Waals surface area contributed by atoms with Crippen LogP contribution in [0.15, 0.2) is 78.2 Å². The molecule has 0 atom stereocenters. The van der Waals surface area contributed by atoms with Crippen LogP contribution >= 0.6 is 22.9 Å². The van der Waals surface area contributed by atoms with Crippen LogP contribution in [0.2, 0.25) is 5.02 Å². The Bertz CT molecular complexity index is 1290. The number of carbonyl (C=O) groups is 1. The van der Waals surface area contributed by atoms with Crippen molar-refractivity contribution in [3.8, 4) is 11.3 Å². The first-order valence-corrected chi connectivity index (χ1v) is 13.4. The molecule has 4 aromatic rings. The predicted molar refractivity (Wildman–Crippen MR) is 150 cm³/mol. The van der Waals surface area contributed by atoms with Crippen LogP contribution in [0.3, 0.4) is 0 Å². The highest BCUT2D eigenvalue weighted by molar-refractivity contribution is 7.14. The van der Waals surface area contributed by atoms with Crippen molar-refractivity contribution < 1.29 is 4.79 Å². The Morgan fingerprint density at radius 3 is 2.56 bits per heavy atom. The van der Waals surface area contributed by atoms with Gasteiger partial charge in [0.25, 0.3) is 5.91 Å². The van der Waals surface area contributed by atoms with Gasteiger partial charge in [0.2, 0.25) is 0 Å². The number of hydrogen-bond donors (Lipinski definition) is 2. The molecule has 0 unspecified atom stereocenters. The van der Waals surface area contributed by atoms with E-state index in [2.05, 4.69) is 22.5 Å². The number of amides is 1. The molecule has 5 nitrogen and oxygen atoms in total. The molecule has 7 heteroatoms. The zero-order valence-electron chi connectivity index (χ0n) is 20.4. The average Bonchev–Trinajstić information content (AvgIpc) is 3.40. The molecule has 0 radical (unpaired) electrons. The number of nitrogens with one attached hydrogen (secondary N) is 1. The summed E-state index contributed by atoms with van der Waals surface area (Å²) in [5.41, 5.74) is 11.4. The van der Waals surface area contributed by atoms with Gasteiger partial charge in [0.05, 0.1) is 5.69 Å². The number of benzene rings is 3. The maximum Gasteiger partial charge on any atom is 0.251 e. The van der Waals surface area contributed by atoms with Gasteiger partial charge in [-0.25, -0.2) is 4.98 Å². The van der Waals surface area contributed by atoms with Gasteiger partial charge in [-0.15, -0.1) is 11.3 Å². The standard InChI is InChI=1S/C29H31ClN4OS/c1-2-3-15-34(29-33-27(20-36-29)25-9-4-5-10-26(25)30)19-21-11-13-24(14-12-21)28(35)32-18-23-8-6-7-22(16-23)17-31/h4-14,16,20H,2-3,15,17-19,31H2,1H3,(H,32,35). The largest absolute Gasteiger partial charge is 0.348 e. The van der Waals surface area contributed by atoms with Crippen LogP contribution in [0.5, 0.6) is 0 Å². The van der Waals surface area contributed by atoms with Gasteiger partial charge in [-0.2, -0.15) is 0 Å². The summed E-state index contributed by atoms with van der Waals surface area (Å²) in [6.45, 7) is 4.78. The van der Waals surface area contributed by atoms with Crippen molar-refractivity contribution in [2.24, 2.45) is 5.73 Å². The van der Waals surface area contributed by atoms with E-state index in [0.29, 0.717) is 23.7 Å². The fraction of sp³-hybridized carbons (Fsp3) is 0.241. The number of anilines is 1. The summed E-state index contributed by atoms with van der Waals surface area (Å²) < 4.78 is 0. The normalized spacial score (nSPS) is 10.9. The van der Waals surface area contributed by atoms with E-state index in [1.165, 1.54) is 0 Å². The van der Waals surface area contributed by atoms with Gasteiger partial charge in [-0.05, 0) is 41.3 Å². The van der Waals surface area contributed by atoms with Crippen molar-refractivity contribution in [3.05, 3.63) is 105 Å². The molecule has 0 aliphatic carbocycles. The fourth-order valence-electron chi connectivity index (χ4n) is 3.93. The van der Waals surface area contributed by atoms with Gasteiger partial charge < -0.3 is 16.0 Å². The highest BCUT2D eigenvalue weighted by Crippen LogP contribution is 2.32. The molecule has 1 amide bonds. The lowest BCUT2D eigenvalue weighted by Crippen LogP contribution is -2.24. The Labute approximate surface area is 221 Å². The van der Waals surface area contributed by atoms with E-state index in [1.54, 1.807) is 11.3 Å². The first-order valence-electron chi connectivity index (χ1n) is 12.2.